The summed E-state index contributed by atoms with van der Waals surface area (Å²) in [5.41, 5.74) is 0. The highest BCUT2D eigenvalue weighted by Crippen LogP contribution is 2.27. The summed E-state index contributed by atoms with van der Waals surface area (Å²) in [4.78, 5) is 13.1. The van der Waals surface area contributed by atoms with Gasteiger partial charge in [-0.3, -0.25) is 4.79 Å². The standard InChI is InChI=1S/C61H110O14/c1-3-5-7-9-11-13-15-17-19-20-21-22-23-24-25-26-27-28-29-31-33-35-37-39-41-43-45-70-47-50(73-53(63)44-42-40-38-36-34-32-30-18-16-14-12-10-8-6-4-2)48-71-60-59(69)57(67)55(65)52(75-60)49-72-61-58(68)56(66)54(64)51(46-62)74-61/h6,8,12,14,18,20-21,30,50-52,54-62,64-69H,3-5,7,9-11,13,15-17,19,22-29,31-49H2,1-2H3/b8-6-,14-12-,21-20-,30-18-. The summed E-state index contributed by atoms with van der Waals surface area (Å²) in [6.07, 6.45) is 41.9. The summed E-state index contributed by atoms with van der Waals surface area (Å²) in [5.74, 6) is -0.391. The number of carbonyl (C=O) groups is 1. The van der Waals surface area contributed by atoms with Crippen molar-refractivity contribution >= 4 is 5.97 Å². The SMILES string of the molecule is CC/C=C\C/C=C\C/C=C\CCCCCCCC(=O)OC(COCCCCCCCCCCCCCCCC/C=C\CCCCCCCCCC)COC1OC(COC2OC(CO)C(O)C(O)C2O)C(O)C(O)C1O. The molecule has 11 atom stereocenters. The fourth-order valence-corrected chi connectivity index (χ4v) is 9.47. The Morgan fingerprint density at radius 3 is 1.37 bits per heavy atom. The lowest BCUT2D eigenvalue weighted by Gasteiger charge is -2.42. The van der Waals surface area contributed by atoms with E-state index in [0.29, 0.717) is 13.0 Å². The first-order valence-corrected chi connectivity index (χ1v) is 30.2. The van der Waals surface area contributed by atoms with Crippen molar-refractivity contribution in [1.29, 1.82) is 0 Å². The second-order valence-electron chi connectivity index (χ2n) is 21.1. The van der Waals surface area contributed by atoms with Crippen LogP contribution in [0.4, 0.5) is 0 Å². The molecule has 0 bridgehead atoms. The number of aliphatic hydroxyl groups is 7. The van der Waals surface area contributed by atoms with Gasteiger partial charge in [0.25, 0.3) is 0 Å². The Bertz CT molecular complexity index is 1420. The summed E-state index contributed by atoms with van der Waals surface area (Å²) < 4.78 is 34.4. The normalized spacial score (nSPS) is 24.9. The Labute approximate surface area is 454 Å². The molecule has 14 nitrogen and oxygen atoms in total. The smallest absolute Gasteiger partial charge is 0.306 e. The third kappa shape index (κ3) is 34.5. The molecule has 0 amide bonds. The van der Waals surface area contributed by atoms with Gasteiger partial charge in [-0.15, -0.1) is 0 Å². The Morgan fingerprint density at radius 1 is 0.453 bits per heavy atom. The molecule has 7 N–H and O–H groups in total. The summed E-state index contributed by atoms with van der Waals surface area (Å²) in [6, 6.07) is 0. The molecular weight excluding hydrogens is 957 g/mol. The highest BCUT2D eigenvalue weighted by molar-refractivity contribution is 5.69. The van der Waals surface area contributed by atoms with Crippen molar-refractivity contribution in [2.75, 3.05) is 33.0 Å². The number of carbonyl (C=O) groups excluding carboxylic acids is 1. The van der Waals surface area contributed by atoms with E-state index in [-0.39, 0.29) is 19.6 Å². The van der Waals surface area contributed by atoms with Crippen LogP contribution in [-0.4, -0.2) is 142 Å². The Hall–Kier alpha value is -2.05. The van der Waals surface area contributed by atoms with Gasteiger partial charge in [-0.2, -0.15) is 0 Å². The highest BCUT2D eigenvalue weighted by atomic mass is 16.7. The number of hydrogen-bond acceptors (Lipinski definition) is 14. The predicted octanol–water partition coefficient (Wildman–Crippen LogP) is 11.1. The molecular formula is C61H110O14. The van der Waals surface area contributed by atoms with Gasteiger partial charge >= 0.3 is 5.97 Å². The summed E-state index contributed by atoms with van der Waals surface area (Å²) in [6.45, 7) is 3.58. The minimum atomic E-state index is -1.71. The molecule has 0 radical (unpaired) electrons. The van der Waals surface area contributed by atoms with Crippen molar-refractivity contribution in [3.8, 4) is 0 Å². The Kier molecular flexibility index (Phi) is 44.1. The van der Waals surface area contributed by atoms with E-state index in [1.165, 1.54) is 135 Å². The lowest BCUT2D eigenvalue weighted by atomic mass is 9.98. The molecule has 75 heavy (non-hydrogen) atoms. The molecule has 11 unspecified atom stereocenters. The first kappa shape index (κ1) is 69.1. The molecule has 438 valence electrons. The quantitative estimate of drug-likeness (QED) is 0.0172. The molecule has 2 saturated heterocycles. The van der Waals surface area contributed by atoms with Gasteiger partial charge < -0.3 is 64.2 Å². The zero-order chi connectivity index (χ0) is 54.4. The van der Waals surface area contributed by atoms with Crippen LogP contribution >= 0.6 is 0 Å². The van der Waals surface area contributed by atoms with Gasteiger partial charge in [0.05, 0.1) is 26.4 Å². The molecule has 0 saturated carbocycles. The van der Waals surface area contributed by atoms with Crippen molar-refractivity contribution in [1.82, 2.24) is 0 Å². The fourth-order valence-electron chi connectivity index (χ4n) is 9.47. The van der Waals surface area contributed by atoms with Crippen LogP contribution in [-0.2, 0) is 33.2 Å². The minimum absolute atomic E-state index is 0.0549. The predicted molar refractivity (Wildman–Crippen MR) is 298 cm³/mol. The maximum atomic E-state index is 13.1. The maximum absolute atomic E-state index is 13.1. The molecule has 0 aliphatic carbocycles. The van der Waals surface area contributed by atoms with Gasteiger partial charge in [0.2, 0.25) is 0 Å². The van der Waals surface area contributed by atoms with E-state index in [2.05, 4.69) is 62.5 Å². The molecule has 2 fully saturated rings. The summed E-state index contributed by atoms with van der Waals surface area (Å²) in [7, 11) is 0. The molecule has 0 aromatic heterocycles. The van der Waals surface area contributed by atoms with Crippen LogP contribution in [0, 0.1) is 0 Å². The third-order valence-electron chi connectivity index (χ3n) is 14.3. The van der Waals surface area contributed by atoms with Crippen LogP contribution in [0.2, 0.25) is 0 Å². The third-order valence-corrected chi connectivity index (χ3v) is 14.3. The van der Waals surface area contributed by atoms with Gasteiger partial charge in [0.15, 0.2) is 12.6 Å². The number of allylic oxidation sites excluding steroid dienone is 8. The second kappa shape index (κ2) is 47.9. The topological polar surface area (TPSA) is 214 Å². The monoisotopic (exact) mass is 1070 g/mol. The lowest BCUT2D eigenvalue weighted by molar-refractivity contribution is -0.332. The number of rotatable bonds is 49. The highest BCUT2D eigenvalue weighted by Gasteiger charge is 2.47. The van der Waals surface area contributed by atoms with E-state index in [0.717, 1.165) is 70.6 Å². The number of ether oxygens (including phenoxy) is 6. The van der Waals surface area contributed by atoms with Crippen LogP contribution < -0.4 is 0 Å². The Morgan fingerprint density at radius 2 is 0.867 bits per heavy atom. The van der Waals surface area contributed by atoms with E-state index < -0.39 is 86.7 Å². The fraction of sp³-hybridized carbons (Fsp3) is 0.852. The first-order valence-electron chi connectivity index (χ1n) is 30.2. The molecule has 0 aromatic carbocycles. The zero-order valence-corrected chi connectivity index (χ0v) is 47.0. The number of aliphatic hydroxyl groups excluding tert-OH is 7. The summed E-state index contributed by atoms with van der Waals surface area (Å²) >= 11 is 0. The van der Waals surface area contributed by atoms with Crippen molar-refractivity contribution in [3.05, 3.63) is 48.6 Å². The molecule has 0 aromatic rings. The number of esters is 1. The second-order valence-corrected chi connectivity index (χ2v) is 21.1. The van der Waals surface area contributed by atoms with Gasteiger partial charge in [0, 0.05) is 13.0 Å². The van der Waals surface area contributed by atoms with Gasteiger partial charge in [-0.1, -0.05) is 204 Å². The van der Waals surface area contributed by atoms with E-state index in [9.17, 15) is 40.5 Å². The molecule has 2 aliphatic rings. The van der Waals surface area contributed by atoms with E-state index in [1.54, 1.807) is 0 Å². The maximum Gasteiger partial charge on any atom is 0.306 e. The minimum Gasteiger partial charge on any atom is -0.457 e. The van der Waals surface area contributed by atoms with E-state index >= 15 is 0 Å². The van der Waals surface area contributed by atoms with Gasteiger partial charge in [-0.05, 0) is 70.6 Å². The van der Waals surface area contributed by atoms with Crippen molar-refractivity contribution < 1.29 is 69.0 Å². The van der Waals surface area contributed by atoms with Crippen LogP contribution in [0.25, 0.3) is 0 Å². The molecule has 2 rings (SSSR count). The van der Waals surface area contributed by atoms with Gasteiger partial charge in [-0.25, -0.2) is 0 Å². The average molecular weight is 1070 g/mol. The van der Waals surface area contributed by atoms with Gasteiger partial charge in [0.1, 0.15) is 54.9 Å². The first-order chi connectivity index (χ1) is 36.6. The van der Waals surface area contributed by atoms with Crippen molar-refractivity contribution in [2.45, 2.75) is 300 Å². The Balaban J connectivity index is 1.67. The number of hydrogen-bond donors (Lipinski definition) is 7. The largest absolute Gasteiger partial charge is 0.457 e. The van der Waals surface area contributed by atoms with E-state index in [1.807, 2.05) is 0 Å². The zero-order valence-electron chi connectivity index (χ0n) is 47.0. The molecule has 2 heterocycles. The van der Waals surface area contributed by atoms with Crippen LogP contribution in [0.1, 0.15) is 232 Å². The molecule has 14 heteroatoms. The van der Waals surface area contributed by atoms with Crippen LogP contribution in [0.3, 0.4) is 0 Å². The van der Waals surface area contributed by atoms with Crippen molar-refractivity contribution in [2.24, 2.45) is 0 Å². The number of unbranched alkanes of at least 4 members (excludes halogenated alkanes) is 27. The molecule has 2 aliphatic heterocycles. The summed E-state index contributed by atoms with van der Waals surface area (Å²) in [5, 5.41) is 72.3. The van der Waals surface area contributed by atoms with Crippen LogP contribution in [0.15, 0.2) is 48.6 Å². The lowest BCUT2D eigenvalue weighted by Crippen LogP contribution is -2.61. The molecule has 0 spiro atoms. The average Bonchev–Trinajstić information content (AvgIpc) is 3.41. The van der Waals surface area contributed by atoms with Crippen LogP contribution in [0.5, 0.6) is 0 Å². The van der Waals surface area contributed by atoms with E-state index in [4.69, 9.17) is 28.4 Å². The van der Waals surface area contributed by atoms with Crippen molar-refractivity contribution in [3.63, 3.8) is 0 Å².